The summed E-state index contributed by atoms with van der Waals surface area (Å²) in [5.41, 5.74) is 1.38. The number of hydrogen-bond donors (Lipinski definition) is 2. The average molecular weight is 467 g/mol. The number of nitrogens with one attached hydrogen (secondary N) is 2. The van der Waals surface area contributed by atoms with Crippen molar-refractivity contribution in [2.45, 2.75) is 12.5 Å². The predicted octanol–water partition coefficient (Wildman–Crippen LogP) is 1.70. The zero-order valence-corrected chi connectivity index (χ0v) is 18.2. The van der Waals surface area contributed by atoms with Gasteiger partial charge in [0.2, 0.25) is 5.88 Å². The Morgan fingerprint density at radius 3 is 2.74 bits per heavy atom. The lowest BCUT2D eigenvalue weighted by molar-refractivity contribution is -0.125. The van der Waals surface area contributed by atoms with Crippen molar-refractivity contribution in [3.63, 3.8) is 0 Å². The molecule has 2 amide bonds. The van der Waals surface area contributed by atoms with Crippen molar-refractivity contribution < 1.29 is 23.1 Å². The molecule has 4 heterocycles. The first-order valence-electron chi connectivity index (χ1n) is 10.4. The third-order valence-corrected chi connectivity index (χ3v) is 5.52. The first-order chi connectivity index (χ1) is 16.4. The molecule has 0 spiro atoms. The van der Waals surface area contributed by atoms with Gasteiger partial charge in [-0.25, -0.2) is 18.3 Å². The molecule has 5 rings (SSSR count). The number of amides is 2. The van der Waals surface area contributed by atoms with Gasteiger partial charge >= 0.3 is 0 Å². The molecular formula is C22H19F2N7O3. The molecule has 174 valence electrons. The lowest BCUT2D eigenvalue weighted by Crippen LogP contribution is -2.28. The summed E-state index contributed by atoms with van der Waals surface area (Å²) in [6.07, 6.45) is 4.39. The summed E-state index contributed by atoms with van der Waals surface area (Å²) < 4.78 is 38.0. The summed E-state index contributed by atoms with van der Waals surface area (Å²) in [4.78, 5) is 28.4. The fourth-order valence-electron chi connectivity index (χ4n) is 3.81. The second-order valence-electron chi connectivity index (χ2n) is 7.76. The van der Waals surface area contributed by atoms with E-state index in [2.05, 4.69) is 25.8 Å². The molecule has 0 unspecified atom stereocenters. The topological polar surface area (TPSA) is 115 Å². The zero-order valence-electron chi connectivity index (χ0n) is 18.2. The van der Waals surface area contributed by atoms with E-state index in [9.17, 15) is 18.4 Å². The van der Waals surface area contributed by atoms with Gasteiger partial charge in [-0.05, 0) is 18.2 Å². The van der Waals surface area contributed by atoms with Gasteiger partial charge in [0.1, 0.15) is 0 Å². The molecular weight excluding hydrogens is 448 g/mol. The fourth-order valence-corrected chi connectivity index (χ4v) is 3.81. The second kappa shape index (κ2) is 8.21. The number of carbonyl (C=O) groups is 2. The first-order valence-corrected chi connectivity index (χ1v) is 10.4. The van der Waals surface area contributed by atoms with Crippen LogP contribution in [0.2, 0.25) is 0 Å². The van der Waals surface area contributed by atoms with Crippen LogP contribution in [-0.2, 0) is 11.8 Å². The number of rotatable bonds is 5. The number of imidazole rings is 1. The summed E-state index contributed by atoms with van der Waals surface area (Å²) in [5.74, 6) is -3.07. The van der Waals surface area contributed by atoms with E-state index in [4.69, 9.17) is 4.74 Å². The summed E-state index contributed by atoms with van der Waals surface area (Å²) >= 11 is 0. The maximum absolute atomic E-state index is 14.8. The molecule has 2 N–H and O–H groups in total. The molecule has 1 aliphatic heterocycles. The van der Waals surface area contributed by atoms with E-state index < -0.39 is 23.6 Å². The van der Waals surface area contributed by atoms with Crippen LogP contribution in [-0.4, -0.2) is 55.9 Å². The quantitative estimate of drug-likeness (QED) is 0.462. The number of aromatic nitrogens is 5. The minimum Gasteiger partial charge on any atom is -0.463 e. The average Bonchev–Trinajstić information content (AvgIpc) is 3.55. The highest BCUT2D eigenvalue weighted by Crippen LogP contribution is 2.33. The van der Waals surface area contributed by atoms with Gasteiger partial charge in [0.05, 0.1) is 23.7 Å². The first kappa shape index (κ1) is 21.5. The largest absolute Gasteiger partial charge is 0.463 e. The highest BCUT2D eigenvalue weighted by molar-refractivity contribution is 5.95. The summed E-state index contributed by atoms with van der Waals surface area (Å²) in [5, 5.41) is 13.7. The van der Waals surface area contributed by atoms with Crippen molar-refractivity contribution in [3.05, 3.63) is 54.0 Å². The summed E-state index contributed by atoms with van der Waals surface area (Å²) in [6, 6.07) is 3.71. The van der Waals surface area contributed by atoms with Crippen LogP contribution < -0.4 is 15.4 Å². The molecule has 3 aromatic heterocycles. The van der Waals surface area contributed by atoms with Crippen LogP contribution in [0.1, 0.15) is 16.8 Å². The Morgan fingerprint density at radius 2 is 2.06 bits per heavy atom. The maximum Gasteiger partial charge on any atom is 0.261 e. The molecule has 1 aliphatic rings. The number of ether oxygens (including phenoxy) is 1. The predicted molar refractivity (Wildman–Crippen MR) is 116 cm³/mol. The zero-order chi connectivity index (χ0) is 24.0. The number of nitrogens with zero attached hydrogens (tertiary/aromatic N) is 5. The monoisotopic (exact) mass is 467 g/mol. The van der Waals surface area contributed by atoms with E-state index >= 15 is 0 Å². The van der Waals surface area contributed by atoms with Gasteiger partial charge in [0.25, 0.3) is 11.8 Å². The molecule has 0 radical (unpaired) electrons. The van der Waals surface area contributed by atoms with Gasteiger partial charge in [0, 0.05) is 49.9 Å². The molecule has 0 aliphatic carbocycles. The molecule has 0 saturated carbocycles. The molecule has 4 aromatic rings. The van der Waals surface area contributed by atoms with Crippen molar-refractivity contribution in [2.75, 3.05) is 13.6 Å². The Morgan fingerprint density at radius 1 is 1.24 bits per heavy atom. The molecule has 1 atom stereocenters. The standard InChI is InChI=1S/C22H19F2N7O3/c1-25-20(32)11-5-14(19(24)15(23)6-11)16-9-27-18-7-13(12-8-28-30(2)10-12)22(29-31(16)18)34-17-3-4-26-21(17)33/h5-10,17H,3-4H2,1-2H3,(H,25,32)(H,26,33)/t17-/m0/s1. The third kappa shape index (κ3) is 3.62. The van der Waals surface area contributed by atoms with E-state index in [1.807, 2.05) is 0 Å². The highest BCUT2D eigenvalue weighted by Gasteiger charge is 2.29. The molecule has 34 heavy (non-hydrogen) atoms. The van der Waals surface area contributed by atoms with Gasteiger partial charge in [0.15, 0.2) is 23.4 Å². The number of halogens is 2. The number of carbonyl (C=O) groups excluding carboxylic acids is 2. The van der Waals surface area contributed by atoms with Gasteiger partial charge < -0.3 is 15.4 Å². The van der Waals surface area contributed by atoms with E-state index in [-0.39, 0.29) is 28.6 Å². The van der Waals surface area contributed by atoms with E-state index in [1.54, 1.807) is 30.2 Å². The van der Waals surface area contributed by atoms with Crippen molar-refractivity contribution in [2.24, 2.45) is 7.05 Å². The minimum atomic E-state index is -1.18. The lowest BCUT2D eigenvalue weighted by Gasteiger charge is -2.14. The Bertz CT molecular complexity index is 1450. The van der Waals surface area contributed by atoms with Crippen molar-refractivity contribution >= 4 is 17.5 Å². The number of aryl methyl sites for hydroxylation is 1. The summed E-state index contributed by atoms with van der Waals surface area (Å²) in [7, 11) is 3.15. The van der Waals surface area contributed by atoms with Crippen LogP contribution in [0.5, 0.6) is 5.88 Å². The van der Waals surface area contributed by atoms with Crippen LogP contribution in [0.4, 0.5) is 8.78 Å². The molecule has 12 heteroatoms. The van der Waals surface area contributed by atoms with Crippen molar-refractivity contribution in [1.29, 1.82) is 0 Å². The van der Waals surface area contributed by atoms with Crippen LogP contribution in [0, 0.1) is 11.6 Å². The van der Waals surface area contributed by atoms with Gasteiger partial charge in [-0.3, -0.25) is 14.3 Å². The molecule has 1 saturated heterocycles. The molecule has 1 aromatic carbocycles. The Hall–Kier alpha value is -4.35. The van der Waals surface area contributed by atoms with Crippen LogP contribution >= 0.6 is 0 Å². The number of benzene rings is 1. The van der Waals surface area contributed by atoms with Crippen molar-refractivity contribution in [3.8, 4) is 28.3 Å². The molecule has 10 nitrogen and oxygen atoms in total. The summed E-state index contributed by atoms with van der Waals surface area (Å²) in [6.45, 7) is 0.473. The molecule has 1 fully saturated rings. The Balaban J connectivity index is 1.69. The van der Waals surface area contributed by atoms with Gasteiger partial charge in [-0.1, -0.05) is 0 Å². The fraction of sp³-hybridized carbons (Fsp3) is 0.227. The number of fused-ring (bicyclic) bond motifs is 1. The van der Waals surface area contributed by atoms with Gasteiger partial charge in [-0.2, -0.15) is 5.10 Å². The number of hydrogen-bond acceptors (Lipinski definition) is 6. The molecule has 0 bridgehead atoms. The van der Waals surface area contributed by atoms with Gasteiger partial charge in [-0.15, -0.1) is 5.10 Å². The highest BCUT2D eigenvalue weighted by atomic mass is 19.2. The van der Waals surface area contributed by atoms with E-state index in [1.165, 1.54) is 23.8 Å². The van der Waals surface area contributed by atoms with Crippen LogP contribution in [0.25, 0.3) is 28.0 Å². The SMILES string of the molecule is CNC(=O)c1cc(F)c(F)c(-c2cnc3cc(-c4cnn(C)c4)c(O[C@H]4CCNC4=O)nn23)c1. The van der Waals surface area contributed by atoms with Crippen LogP contribution in [0.15, 0.2) is 36.8 Å². The lowest BCUT2D eigenvalue weighted by atomic mass is 10.1. The van der Waals surface area contributed by atoms with Crippen LogP contribution in [0.3, 0.4) is 0 Å². The minimum absolute atomic E-state index is 0.0579. The van der Waals surface area contributed by atoms with E-state index in [0.717, 1.165) is 6.07 Å². The second-order valence-corrected chi connectivity index (χ2v) is 7.76. The maximum atomic E-state index is 14.8. The third-order valence-electron chi connectivity index (χ3n) is 5.52. The Labute approximate surface area is 191 Å². The van der Waals surface area contributed by atoms with Crippen molar-refractivity contribution in [1.82, 2.24) is 35.0 Å². The smallest absolute Gasteiger partial charge is 0.261 e. The Kier molecular flexibility index (Phi) is 5.19. The normalized spacial score (nSPS) is 15.5. The van der Waals surface area contributed by atoms with E-state index in [0.29, 0.717) is 29.7 Å².